The lowest BCUT2D eigenvalue weighted by Gasteiger charge is -2.26. The maximum atomic E-state index is 13.8. The van der Waals surface area contributed by atoms with Gasteiger partial charge in [0.1, 0.15) is 5.82 Å². The van der Waals surface area contributed by atoms with E-state index in [0.717, 1.165) is 12.5 Å². The molecule has 10 nitrogen and oxygen atoms in total. The molecule has 2 saturated heterocycles. The Bertz CT molecular complexity index is 990. The number of nitrogens with two attached hydrogens (primary N) is 1. The molecule has 2 fully saturated rings. The Morgan fingerprint density at radius 3 is 2.26 bits per heavy atom. The van der Waals surface area contributed by atoms with Gasteiger partial charge in [-0.15, -0.1) is 0 Å². The zero-order chi connectivity index (χ0) is 26.3. The second kappa shape index (κ2) is 12.2. The summed E-state index contributed by atoms with van der Waals surface area (Å²) in [6.45, 7) is 1.69. The monoisotopic (exact) mass is 500 g/mol. The van der Waals surface area contributed by atoms with Crippen LogP contribution in [0.3, 0.4) is 0 Å². The summed E-state index contributed by atoms with van der Waals surface area (Å²) < 4.78 is 40.1. The predicted molar refractivity (Wildman–Crippen MR) is 117 cm³/mol. The summed E-state index contributed by atoms with van der Waals surface area (Å²) in [6.07, 6.45) is 1.84. The van der Waals surface area contributed by atoms with E-state index in [-0.39, 0.29) is 42.3 Å². The molecule has 3 amide bonds. The van der Waals surface area contributed by atoms with Gasteiger partial charge in [-0.1, -0.05) is 0 Å². The normalized spacial score (nSPS) is 19.7. The molecule has 35 heavy (non-hydrogen) atoms. The lowest BCUT2D eigenvalue weighted by Crippen LogP contribution is -2.44. The van der Waals surface area contributed by atoms with Crippen molar-refractivity contribution in [3.8, 4) is 0 Å². The molecule has 3 rings (SSSR count). The fourth-order valence-corrected chi connectivity index (χ4v) is 4.15. The Morgan fingerprint density at radius 1 is 1.09 bits per heavy atom. The molecule has 0 radical (unpaired) electrons. The first-order chi connectivity index (χ1) is 16.4. The molecule has 3 atom stereocenters. The third kappa shape index (κ3) is 7.70. The maximum absolute atomic E-state index is 13.8. The van der Waals surface area contributed by atoms with E-state index in [1.165, 1.54) is 0 Å². The molecule has 0 aliphatic carbocycles. The largest absolute Gasteiger partial charge is 0.478 e. The van der Waals surface area contributed by atoms with Crippen molar-refractivity contribution in [2.45, 2.75) is 31.3 Å². The number of halogens is 3. The second-order valence-corrected chi connectivity index (χ2v) is 8.20. The van der Waals surface area contributed by atoms with Crippen molar-refractivity contribution in [1.29, 1.82) is 0 Å². The molecule has 5 N–H and O–H groups in total. The Kier molecular flexibility index (Phi) is 9.63. The van der Waals surface area contributed by atoms with Gasteiger partial charge in [-0.25, -0.2) is 27.6 Å². The van der Waals surface area contributed by atoms with Crippen LogP contribution >= 0.6 is 0 Å². The molecule has 13 heteroatoms. The number of amides is 3. The molecule has 1 aromatic carbocycles. The molecule has 2 heterocycles. The number of carboxylic acid groups (broad SMARTS) is 2. The number of aliphatic carboxylic acids is 2. The number of rotatable bonds is 6. The number of carboxylic acids is 2. The van der Waals surface area contributed by atoms with Gasteiger partial charge < -0.3 is 31.1 Å². The van der Waals surface area contributed by atoms with Crippen molar-refractivity contribution in [3.63, 3.8) is 0 Å². The molecule has 1 aromatic rings. The fourth-order valence-electron chi connectivity index (χ4n) is 4.15. The Labute approximate surface area is 199 Å². The van der Waals surface area contributed by atoms with E-state index in [1.54, 1.807) is 16.8 Å². The van der Waals surface area contributed by atoms with E-state index in [9.17, 15) is 32.3 Å². The van der Waals surface area contributed by atoms with Gasteiger partial charge in [0, 0.05) is 63.3 Å². The quantitative estimate of drug-likeness (QED) is 0.335. The van der Waals surface area contributed by atoms with E-state index in [0.29, 0.717) is 37.9 Å². The number of hydrogen-bond acceptors (Lipinski definition) is 5. The van der Waals surface area contributed by atoms with Crippen LogP contribution in [0.4, 0.5) is 18.0 Å². The van der Waals surface area contributed by atoms with Gasteiger partial charge in [-0.2, -0.15) is 0 Å². The average Bonchev–Trinajstić information content (AvgIpc) is 3.37. The summed E-state index contributed by atoms with van der Waals surface area (Å²) in [5.74, 6) is -5.73. The van der Waals surface area contributed by atoms with Crippen LogP contribution in [-0.4, -0.2) is 82.7 Å². The van der Waals surface area contributed by atoms with Crippen LogP contribution in [0, 0.1) is 23.4 Å². The predicted octanol–water partition coefficient (Wildman–Crippen LogP) is 0.948. The highest BCUT2D eigenvalue weighted by Crippen LogP contribution is 2.32. The topological polar surface area (TPSA) is 153 Å². The zero-order valence-corrected chi connectivity index (χ0v) is 18.9. The average molecular weight is 500 g/mol. The van der Waals surface area contributed by atoms with Gasteiger partial charge in [-0.3, -0.25) is 4.79 Å². The molecule has 0 aromatic heterocycles. The lowest BCUT2D eigenvalue weighted by atomic mass is 10.0. The third-order valence-electron chi connectivity index (χ3n) is 5.75. The summed E-state index contributed by atoms with van der Waals surface area (Å²) in [4.78, 5) is 46.9. The second-order valence-electron chi connectivity index (χ2n) is 8.20. The Morgan fingerprint density at radius 2 is 1.69 bits per heavy atom. The van der Waals surface area contributed by atoms with E-state index < -0.39 is 35.4 Å². The van der Waals surface area contributed by atoms with E-state index in [4.69, 9.17) is 15.9 Å². The minimum Gasteiger partial charge on any atom is -0.478 e. The molecule has 2 aliphatic rings. The molecule has 0 spiro atoms. The van der Waals surface area contributed by atoms with Crippen molar-refractivity contribution in [2.75, 3.05) is 26.7 Å². The lowest BCUT2D eigenvalue weighted by molar-refractivity contribution is -0.134. The summed E-state index contributed by atoms with van der Waals surface area (Å²) in [5, 5.41) is 18.2. The van der Waals surface area contributed by atoms with Gasteiger partial charge in [0.25, 0.3) is 0 Å². The van der Waals surface area contributed by atoms with Crippen LogP contribution in [0.2, 0.25) is 0 Å². The fraction of sp³-hybridized carbons (Fsp3) is 0.455. The van der Waals surface area contributed by atoms with Crippen molar-refractivity contribution in [2.24, 2.45) is 11.7 Å². The number of urea groups is 1. The number of carbonyl (C=O) groups is 4. The van der Waals surface area contributed by atoms with Crippen LogP contribution in [-0.2, 0) is 20.8 Å². The molecule has 192 valence electrons. The van der Waals surface area contributed by atoms with Crippen LogP contribution in [0.25, 0.3) is 0 Å². The number of carbonyl (C=O) groups excluding carboxylic acids is 2. The molecular formula is C22H27F3N4O6. The first-order valence-corrected chi connectivity index (χ1v) is 10.7. The summed E-state index contributed by atoms with van der Waals surface area (Å²) >= 11 is 0. The van der Waals surface area contributed by atoms with Gasteiger partial charge in [0.2, 0.25) is 5.91 Å². The smallest absolute Gasteiger partial charge is 0.328 e. The van der Waals surface area contributed by atoms with Crippen LogP contribution in [0.1, 0.15) is 18.4 Å². The third-order valence-corrected chi connectivity index (χ3v) is 5.75. The molecule has 0 unspecified atom stereocenters. The van der Waals surface area contributed by atoms with Crippen LogP contribution < -0.4 is 11.1 Å². The van der Waals surface area contributed by atoms with Crippen LogP contribution in [0.15, 0.2) is 24.3 Å². The van der Waals surface area contributed by atoms with Crippen molar-refractivity contribution in [1.82, 2.24) is 15.1 Å². The molecule has 0 saturated carbocycles. The summed E-state index contributed by atoms with van der Waals surface area (Å²) in [5.41, 5.74) is 5.91. The number of nitrogens with one attached hydrogen (secondary N) is 1. The van der Waals surface area contributed by atoms with Crippen molar-refractivity contribution in [3.05, 3.63) is 47.3 Å². The highest BCUT2D eigenvalue weighted by molar-refractivity contribution is 5.89. The zero-order valence-electron chi connectivity index (χ0n) is 18.9. The van der Waals surface area contributed by atoms with Gasteiger partial charge >= 0.3 is 18.0 Å². The molecule has 0 bridgehead atoms. The standard InChI is InChI=1S/C18H23F3N4O2.C4H4O4/c1-23-18(27)24-8-10-2-3-25(16(10)9-24)17(26)6-12(22)4-11-5-14(20)15(21)7-13(11)19;5-3(6)1-2-4(7)8/h5,7,10,12,16H,2-4,6,8-9,22H2,1H3,(H,23,27);1-2H,(H,5,6)(H,7,8)/b;2-1+/t10-,12+,16+;/m0./s1. The SMILES string of the molecule is CNC(=O)N1C[C@@H]2CCN(C(=O)C[C@H](N)Cc3cc(F)c(F)cc3F)[C@@H]2C1.O=C(O)/C=C/C(=O)O. The van der Waals surface area contributed by atoms with Gasteiger partial charge in [-0.05, 0) is 24.5 Å². The van der Waals surface area contributed by atoms with Crippen LogP contribution in [0.5, 0.6) is 0 Å². The Balaban J connectivity index is 0.000000466. The van der Waals surface area contributed by atoms with Gasteiger partial charge in [0.15, 0.2) is 11.6 Å². The number of hydrogen-bond donors (Lipinski definition) is 4. The van der Waals surface area contributed by atoms with Crippen molar-refractivity contribution >= 4 is 23.9 Å². The Hall–Kier alpha value is -3.61. The van der Waals surface area contributed by atoms with E-state index in [1.807, 2.05) is 0 Å². The highest BCUT2D eigenvalue weighted by atomic mass is 19.2. The van der Waals surface area contributed by atoms with E-state index in [2.05, 4.69) is 5.32 Å². The van der Waals surface area contributed by atoms with Crippen molar-refractivity contribution < 1.29 is 42.6 Å². The highest BCUT2D eigenvalue weighted by Gasteiger charge is 2.44. The number of benzene rings is 1. The molecular weight excluding hydrogens is 473 g/mol. The summed E-state index contributed by atoms with van der Waals surface area (Å²) in [6, 6.07) is 0.339. The minimum atomic E-state index is -1.26. The number of nitrogens with zero attached hydrogens (tertiary/aromatic N) is 2. The van der Waals surface area contributed by atoms with Gasteiger partial charge in [0.05, 0.1) is 6.04 Å². The summed E-state index contributed by atoms with van der Waals surface area (Å²) in [7, 11) is 1.57. The number of likely N-dealkylation sites (tertiary alicyclic amines) is 2. The van der Waals surface area contributed by atoms with E-state index >= 15 is 0 Å². The first kappa shape index (κ1) is 27.6. The minimum absolute atomic E-state index is 0.0262. The first-order valence-electron chi connectivity index (χ1n) is 10.7. The maximum Gasteiger partial charge on any atom is 0.328 e. The number of fused-ring (bicyclic) bond motifs is 1. The molecule has 2 aliphatic heterocycles.